The van der Waals surface area contributed by atoms with Crippen LogP contribution in [0.4, 0.5) is 0 Å². The van der Waals surface area contributed by atoms with E-state index in [0.29, 0.717) is 17.9 Å². The number of halogens is 1. The van der Waals surface area contributed by atoms with Gasteiger partial charge in [0.05, 0.1) is 19.3 Å². The third kappa shape index (κ3) is 3.68. The number of hydrogen-bond donors (Lipinski definition) is 1. The van der Waals surface area contributed by atoms with Crippen LogP contribution in [0.25, 0.3) is 0 Å². The molecule has 1 N–H and O–H groups in total. The summed E-state index contributed by atoms with van der Waals surface area (Å²) < 4.78 is 10.9. The van der Waals surface area contributed by atoms with Crippen molar-refractivity contribution in [3.8, 4) is 0 Å². The molecule has 0 aromatic heterocycles. The summed E-state index contributed by atoms with van der Waals surface area (Å²) in [5, 5.41) is 10.6. The van der Waals surface area contributed by atoms with Crippen LogP contribution in [0.5, 0.6) is 0 Å². The first-order valence-electron chi connectivity index (χ1n) is 5.93. The highest BCUT2D eigenvalue weighted by molar-refractivity contribution is 6.31. The van der Waals surface area contributed by atoms with Crippen LogP contribution in [0.15, 0.2) is 24.3 Å². The minimum atomic E-state index is -0.558. The van der Waals surface area contributed by atoms with Crippen molar-refractivity contribution in [3.63, 3.8) is 0 Å². The van der Waals surface area contributed by atoms with Crippen LogP contribution in [0, 0.1) is 0 Å². The van der Waals surface area contributed by atoms with Crippen LogP contribution < -0.4 is 0 Å². The quantitative estimate of drug-likeness (QED) is 0.900. The van der Waals surface area contributed by atoms with Crippen LogP contribution in [0.2, 0.25) is 5.02 Å². The molecule has 0 spiro atoms. The lowest BCUT2D eigenvalue weighted by Crippen LogP contribution is -2.25. The molecule has 17 heavy (non-hydrogen) atoms. The molecule has 1 saturated heterocycles. The Hall–Kier alpha value is -0.610. The van der Waals surface area contributed by atoms with Crippen molar-refractivity contribution in [3.05, 3.63) is 34.9 Å². The highest BCUT2D eigenvalue weighted by Gasteiger charge is 2.17. The maximum absolute atomic E-state index is 10.0. The number of hydrogen-bond acceptors (Lipinski definition) is 3. The van der Waals surface area contributed by atoms with Gasteiger partial charge in [0.25, 0.3) is 0 Å². The average Bonchev–Trinajstić information content (AvgIpc) is 2.38. The van der Waals surface area contributed by atoms with E-state index in [4.69, 9.17) is 21.1 Å². The summed E-state index contributed by atoms with van der Waals surface area (Å²) in [5.74, 6) is 0. The summed E-state index contributed by atoms with van der Waals surface area (Å²) in [5.41, 5.74) is 0.768. The molecule has 4 heteroatoms. The monoisotopic (exact) mass is 256 g/mol. The summed E-state index contributed by atoms with van der Waals surface area (Å²) in [6.45, 7) is 1.49. The van der Waals surface area contributed by atoms with Gasteiger partial charge in [0.15, 0.2) is 6.29 Å². The number of aliphatic hydroxyl groups excluding tert-OH is 1. The highest BCUT2D eigenvalue weighted by Crippen LogP contribution is 2.27. The van der Waals surface area contributed by atoms with Crippen LogP contribution in [0.3, 0.4) is 0 Å². The molecule has 3 nitrogen and oxygen atoms in total. The first-order chi connectivity index (χ1) is 8.27. The fourth-order valence-corrected chi connectivity index (χ4v) is 2.16. The molecule has 0 saturated carbocycles. The van der Waals surface area contributed by atoms with E-state index in [0.717, 1.165) is 25.2 Å². The Kier molecular flexibility index (Phi) is 4.80. The second-order valence-corrected chi connectivity index (χ2v) is 4.55. The minimum Gasteiger partial charge on any atom is -0.388 e. The molecule has 0 bridgehead atoms. The second-order valence-electron chi connectivity index (χ2n) is 4.14. The third-order valence-electron chi connectivity index (χ3n) is 2.84. The molecule has 1 aromatic carbocycles. The molecule has 0 unspecified atom stereocenters. The zero-order valence-electron chi connectivity index (χ0n) is 9.64. The molecule has 2 rings (SSSR count). The zero-order valence-corrected chi connectivity index (χ0v) is 10.4. The van der Waals surface area contributed by atoms with Crippen molar-refractivity contribution in [2.24, 2.45) is 0 Å². The first kappa shape index (κ1) is 12.8. The van der Waals surface area contributed by atoms with Crippen molar-refractivity contribution < 1.29 is 14.6 Å². The molecular formula is C13H17ClO3. The van der Waals surface area contributed by atoms with Gasteiger partial charge in [-0.1, -0.05) is 29.8 Å². The number of aliphatic hydroxyl groups is 1. The van der Waals surface area contributed by atoms with Gasteiger partial charge in [-0.15, -0.1) is 0 Å². The van der Waals surface area contributed by atoms with E-state index in [1.54, 1.807) is 6.07 Å². The van der Waals surface area contributed by atoms with E-state index in [1.807, 2.05) is 18.2 Å². The molecule has 0 amide bonds. The van der Waals surface area contributed by atoms with Crippen LogP contribution >= 0.6 is 11.6 Å². The average molecular weight is 257 g/mol. The molecule has 1 atom stereocenters. The van der Waals surface area contributed by atoms with Gasteiger partial charge in [0.1, 0.15) is 0 Å². The normalized spacial score (nSPS) is 19.2. The van der Waals surface area contributed by atoms with E-state index < -0.39 is 6.10 Å². The smallest absolute Gasteiger partial charge is 0.157 e. The maximum atomic E-state index is 10.0. The number of benzene rings is 1. The largest absolute Gasteiger partial charge is 0.388 e. The zero-order chi connectivity index (χ0) is 12.1. The molecule has 1 aliphatic rings. The summed E-state index contributed by atoms with van der Waals surface area (Å²) >= 11 is 6.02. The first-order valence-corrected chi connectivity index (χ1v) is 6.31. The van der Waals surface area contributed by atoms with E-state index in [1.165, 1.54) is 0 Å². The molecular weight excluding hydrogens is 240 g/mol. The lowest BCUT2D eigenvalue weighted by molar-refractivity contribution is -0.183. The Balaban J connectivity index is 1.84. The van der Waals surface area contributed by atoms with Crippen LogP contribution in [-0.4, -0.2) is 24.6 Å². The van der Waals surface area contributed by atoms with Crippen molar-refractivity contribution in [1.29, 1.82) is 0 Å². The Labute approximate surface area is 106 Å². The van der Waals surface area contributed by atoms with Gasteiger partial charge < -0.3 is 14.6 Å². The van der Waals surface area contributed by atoms with E-state index in [2.05, 4.69) is 0 Å². The maximum Gasteiger partial charge on any atom is 0.157 e. The Bertz CT molecular complexity index is 350. The number of ether oxygens (including phenoxy) is 2. The topological polar surface area (TPSA) is 38.7 Å². The fraction of sp³-hybridized carbons (Fsp3) is 0.538. The Morgan fingerprint density at radius 1 is 1.29 bits per heavy atom. The van der Waals surface area contributed by atoms with Crippen molar-refractivity contribution in [2.45, 2.75) is 31.7 Å². The van der Waals surface area contributed by atoms with E-state index in [9.17, 15) is 5.11 Å². The molecule has 0 radical (unpaired) electrons. The van der Waals surface area contributed by atoms with Gasteiger partial charge in [-0.2, -0.15) is 0 Å². The minimum absolute atomic E-state index is 0.180. The molecule has 1 fully saturated rings. The highest BCUT2D eigenvalue weighted by atomic mass is 35.5. The SMILES string of the molecule is O[C@H](CCC1OCCCO1)c1ccccc1Cl. The standard InChI is InChI=1S/C13H17ClO3/c14-11-5-2-1-4-10(11)12(15)6-7-13-16-8-3-9-17-13/h1-2,4-5,12-13,15H,3,6-9H2/t12-/m1/s1. The summed E-state index contributed by atoms with van der Waals surface area (Å²) in [6.07, 6.45) is 1.49. The molecule has 94 valence electrons. The predicted molar refractivity (Wildman–Crippen MR) is 66.0 cm³/mol. The van der Waals surface area contributed by atoms with Gasteiger partial charge in [0, 0.05) is 11.4 Å². The molecule has 1 aliphatic heterocycles. The lowest BCUT2D eigenvalue weighted by Gasteiger charge is -2.24. The van der Waals surface area contributed by atoms with Gasteiger partial charge in [-0.3, -0.25) is 0 Å². The van der Waals surface area contributed by atoms with Crippen molar-refractivity contribution >= 4 is 11.6 Å². The number of rotatable bonds is 4. The Morgan fingerprint density at radius 3 is 2.71 bits per heavy atom. The second kappa shape index (κ2) is 6.36. The third-order valence-corrected chi connectivity index (χ3v) is 3.18. The van der Waals surface area contributed by atoms with Gasteiger partial charge in [-0.25, -0.2) is 0 Å². The lowest BCUT2D eigenvalue weighted by atomic mass is 10.0. The molecule has 1 heterocycles. The van der Waals surface area contributed by atoms with Crippen LogP contribution in [0.1, 0.15) is 30.9 Å². The van der Waals surface area contributed by atoms with Gasteiger partial charge in [0.2, 0.25) is 0 Å². The van der Waals surface area contributed by atoms with Crippen molar-refractivity contribution in [1.82, 2.24) is 0 Å². The molecule has 0 aliphatic carbocycles. The van der Waals surface area contributed by atoms with Gasteiger partial charge in [-0.05, 0) is 24.5 Å². The summed E-state index contributed by atoms with van der Waals surface area (Å²) in [6, 6.07) is 7.35. The fourth-order valence-electron chi connectivity index (χ4n) is 1.90. The summed E-state index contributed by atoms with van der Waals surface area (Å²) in [7, 11) is 0. The predicted octanol–water partition coefficient (Wildman–Crippen LogP) is 2.92. The van der Waals surface area contributed by atoms with Crippen LogP contribution in [-0.2, 0) is 9.47 Å². The van der Waals surface area contributed by atoms with E-state index >= 15 is 0 Å². The summed E-state index contributed by atoms with van der Waals surface area (Å²) in [4.78, 5) is 0. The van der Waals surface area contributed by atoms with Gasteiger partial charge >= 0.3 is 0 Å². The van der Waals surface area contributed by atoms with Crippen molar-refractivity contribution in [2.75, 3.05) is 13.2 Å². The van der Waals surface area contributed by atoms with E-state index in [-0.39, 0.29) is 6.29 Å². The molecule has 1 aromatic rings. The Morgan fingerprint density at radius 2 is 2.00 bits per heavy atom.